The smallest absolute Gasteiger partial charge is 0.193 e. The molecule has 0 aromatic heterocycles. The average Bonchev–Trinajstić information content (AvgIpc) is 2.94. The Morgan fingerprint density at radius 3 is 2.86 bits per heavy atom. The first-order valence-corrected chi connectivity index (χ1v) is 7.64. The van der Waals surface area contributed by atoms with E-state index in [-0.39, 0.29) is 0 Å². The molecule has 0 atom stereocenters. The van der Waals surface area contributed by atoms with E-state index in [9.17, 15) is 5.11 Å². The zero-order valence-corrected chi connectivity index (χ0v) is 12.3. The fourth-order valence-electron chi connectivity index (χ4n) is 2.98. The predicted molar refractivity (Wildman–Crippen MR) is 83.6 cm³/mol. The third kappa shape index (κ3) is 3.54. The lowest BCUT2D eigenvalue weighted by molar-refractivity contribution is -0.0565. The van der Waals surface area contributed by atoms with E-state index in [1.165, 1.54) is 24.0 Å². The summed E-state index contributed by atoms with van der Waals surface area (Å²) in [4.78, 5) is 4.29. The maximum absolute atomic E-state index is 10.3. The molecule has 4 N–H and O–H groups in total. The summed E-state index contributed by atoms with van der Waals surface area (Å²) in [6.45, 7) is 1.49. The standard InChI is InChI=1S/C16H23N3O2/c17-15(18-11-16(20)6-8-21-9-7-16)19-14-5-4-12-2-1-3-13(12)10-14/h4-5,10,20H,1-3,6-9,11H2,(H3,17,18,19). The van der Waals surface area contributed by atoms with E-state index >= 15 is 0 Å². The van der Waals surface area contributed by atoms with Gasteiger partial charge in [0, 0.05) is 31.7 Å². The summed E-state index contributed by atoms with van der Waals surface area (Å²) in [5.74, 6) is 0.355. The monoisotopic (exact) mass is 289 g/mol. The third-order valence-electron chi connectivity index (χ3n) is 4.34. The van der Waals surface area contributed by atoms with Crippen molar-refractivity contribution in [2.45, 2.75) is 37.7 Å². The molecule has 1 heterocycles. The quantitative estimate of drug-likeness (QED) is 0.581. The Morgan fingerprint density at radius 1 is 1.29 bits per heavy atom. The number of aliphatic imine (C=N–C) groups is 1. The van der Waals surface area contributed by atoms with E-state index < -0.39 is 5.60 Å². The highest BCUT2D eigenvalue weighted by atomic mass is 16.5. The topological polar surface area (TPSA) is 79.9 Å². The second kappa shape index (κ2) is 6.03. The van der Waals surface area contributed by atoms with E-state index in [2.05, 4.69) is 22.4 Å². The number of nitrogens with one attached hydrogen (secondary N) is 1. The van der Waals surface area contributed by atoms with Gasteiger partial charge in [-0.25, -0.2) is 0 Å². The van der Waals surface area contributed by atoms with Crippen molar-refractivity contribution in [2.24, 2.45) is 10.7 Å². The molecule has 0 spiro atoms. The normalized spacial score (nSPS) is 21.1. The first-order chi connectivity index (χ1) is 10.1. The molecule has 21 heavy (non-hydrogen) atoms. The predicted octanol–water partition coefficient (Wildman–Crippen LogP) is 1.44. The van der Waals surface area contributed by atoms with Crippen molar-refractivity contribution in [3.8, 4) is 0 Å². The van der Waals surface area contributed by atoms with Gasteiger partial charge in [-0.2, -0.15) is 0 Å². The zero-order valence-electron chi connectivity index (χ0n) is 12.3. The number of aryl methyl sites for hydroxylation is 2. The van der Waals surface area contributed by atoms with Crippen LogP contribution in [0.25, 0.3) is 0 Å². The van der Waals surface area contributed by atoms with E-state index in [1.54, 1.807) is 0 Å². The summed E-state index contributed by atoms with van der Waals surface area (Å²) in [6, 6.07) is 6.34. The number of nitrogens with zero attached hydrogens (tertiary/aromatic N) is 1. The number of aliphatic hydroxyl groups is 1. The number of hydrogen-bond acceptors (Lipinski definition) is 3. The lowest BCUT2D eigenvalue weighted by atomic mass is 9.95. The first kappa shape index (κ1) is 14.4. The Bertz CT molecular complexity index is 536. The van der Waals surface area contributed by atoms with Crippen LogP contribution < -0.4 is 11.1 Å². The number of benzene rings is 1. The lowest BCUT2D eigenvalue weighted by Crippen LogP contribution is -2.40. The van der Waals surface area contributed by atoms with Gasteiger partial charge < -0.3 is 20.9 Å². The number of rotatable bonds is 3. The molecule has 3 rings (SSSR count). The van der Waals surface area contributed by atoms with Crippen LogP contribution in [0.1, 0.15) is 30.4 Å². The van der Waals surface area contributed by atoms with Crippen LogP contribution in [0, 0.1) is 0 Å². The minimum Gasteiger partial charge on any atom is -0.388 e. The Labute approximate surface area is 125 Å². The number of guanidine groups is 1. The van der Waals surface area contributed by atoms with E-state index in [1.807, 2.05) is 6.07 Å². The Kier molecular flexibility index (Phi) is 4.12. The molecule has 0 saturated carbocycles. The highest BCUT2D eigenvalue weighted by Crippen LogP contribution is 2.25. The molecule has 1 aliphatic heterocycles. The van der Waals surface area contributed by atoms with Crippen molar-refractivity contribution in [3.63, 3.8) is 0 Å². The summed E-state index contributed by atoms with van der Waals surface area (Å²) < 4.78 is 5.25. The maximum atomic E-state index is 10.3. The molecule has 1 aromatic rings. The summed E-state index contributed by atoms with van der Waals surface area (Å²) in [5, 5.41) is 13.5. The Morgan fingerprint density at radius 2 is 2.05 bits per heavy atom. The number of fused-ring (bicyclic) bond motifs is 1. The largest absolute Gasteiger partial charge is 0.388 e. The molecular formula is C16H23N3O2. The van der Waals surface area contributed by atoms with Gasteiger partial charge in [0.2, 0.25) is 0 Å². The molecule has 1 aliphatic carbocycles. The van der Waals surface area contributed by atoms with Gasteiger partial charge in [0.05, 0.1) is 12.1 Å². The molecule has 1 aromatic carbocycles. The molecule has 0 bridgehead atoms. The molecule has 0 unspecified atom stereocenters. The average molecular weight is 289 g/mol. The minimum atomic E-state index is -0.775. The molecule has 5 heteroatoms. The third-order valence-corrected chi connectivity index (χ3v) is 4.34. The van der Waals surface area contributed by atoms with Crippen LogP contribution >= 0.6 is 0 Å². The van der Waals surface area contributed by atoms with Gasteiger partial charge >= 0.3 is 0 Å². The second-order valence-electron chi connectivity index (χ2n) is 6.00. The second-order valence-corrected chi connectivity index (χ2v) is 6.00. The molecular weight excluding hydrogens is 266 g/mol. The maximum Gasteiger partial charge on any atom is 0.193 e. The SMILES string of the molecule is NC(=NCC1(O)CCOCC1)Nc1ccc2c(c1)CCC2. The highest BCUT2D eigenvalue weighted by molar-refractivity contribution is 5.92. The van der Waals surface area contributed by atoms with Crippen LogP contribution in [-0.2, 0) is 17.6 Å². The Balaban J connectivity index is 1.60. The molecule has 0 amide bonds. The van der Waals surface area contributed by atoms with Gasteiger partial charge in [-0.1, -0.05) is 6.07 Å². The van der Waals surface area contributed by atoms with Gasteiger partial charge in [-0.3, -0.25) is 4.99 Å². The minimum absolute atomic E-state index is 0.320. The summed E-state index contributed by atoms with van der Waals surface area (Å²) in [6.07, 6.45) is 4.78. The van der Waals surface area contributed by atoms with Crippen molar-refractivity contribution < 1.29 is 9.84 Å². The number of anilines is 1. The van der Waals surface area contributed by atoms with Crippen LogP contribution in [0.4, 0.5) is 5.69 Å². The van der Waals surface area contributed by atoms with Gasteiger partial charge in [0.25, 0.3) is 0 Å². The van der Waals surface area contributed by atoms with Crippen LogP contribution in [-0.4, -0.2) is 36.4 Å². The summed E-state index contributed by atoms with van der Waals surface area (Å²) in [7, 11) is 0. The molecule has 5 nitrogen and oxygen atoms in total. The van der Waals surface area contributed by atoms with Crippen molar-refractivity contribution in [2.75, 3.05) is 25.1 Å². The lowest BCUT2D eigenvalue weighted by Gasteiger charge is -2.30. The summed E-state index contributed by atoms with van der Waals surface area (Å²) >= 11 is 0. The van der Waals surface area contributed by atoms with Crippen LogP contribution in [0.2, 0.25) is 0 Å². The Hall–Kier alpha value is -1.59. The number of hydrogen-bond donors (Lipinski definition) is 3. The van der Waals surface area contributed by atoms with Crippen LogP contribution in [0.3, 0.4) is 0 Å². The van der Waals surface area contributed by atoms with Crippen molar-refractivity contribution in [3.05, 3.63) is 29.3 Å². The molecule has 114 valence electrons. The fraction of sp³-hybridized carbons (Fsp3) is 0.562. The molecule has 2 aliphatic rings. The molecule has 1 fully saturated rings. The highest BCUT2D eigenvalue weighted by Gasteiger charge is 2.29. The fourth-order valence-corrected chi connectivity index (χ4v) is 2.98. The van der Waals surface area contributed by atoms with Crippen molar-refractivity contribution in [1.82, 2.24) is 0 Å². The van der Waals surface area contributed by atoms with Crippen molar-refractivity contribution >= 4 is 11.6 Å². The number of nitrogens with two attached hydrogens (primary N) is 1. The van der Waals surface area contributed by atoms with Gasteiger partial charge in [0.15, 0.2) is 5.96 Å². The van der Waals surface area contributed by atoms with Gasteiger partial charge in [-0.15, -0.1) is 0 Å². The van der Waals surface area contributed by atoms with Gasteiger partial charge in [-0.05, 0) is 42.5 Å². The van der Waals surface area contributed by atoms with E-state index in [4.69, 9.17) is 10.5 Å². The van der Waals surface area contributed by atoms with Gasteiger partial charge in [0.1, 0.15) is 0 Å². The molecule has 0 radical (unpaired) electrons. The van der Waals surface area contributed by atoms with Crippen LogP contribution in [0.15, 0.2) is 23.2 Å². The van der Waals surface area contributed by atoms with E-state index in [0.29, 0.717) is 38.6 Å². The van der Waals surface area contributed by atoms with Crippen LogP contribution in [0.5, 0.6) is 0 Å². The first-order valence-electron chi connectivity index (χ1n) is 7.64. The van der Waals surface area contributed by atoms with E-state index in [0.717, 1.165) is 12.1 Å². The zero-order chi connectivity index (χ0) is 14.7. The number of ether oxygens (including phenoxy) is 1. The molecule has 1 saturated heterocycles. The summed E-state index contributed by atoms with van der Waals surface area (Å²) in [5.41, 5.74) is 8.95. The van der Waals surface area contributed by atoms with Crippen molar-refractivity contribution in [1.29, 1.82) is 0 Å².